The van der Waals surface area contributed by atoms with Crippen molar-refractivity contribution in [3.8, 4) is 0 Å². The van der Waals surface area contributed by atoms with E-state index in [-0.39, 0.29) is 5.82 Å². The summed E-state index contributed by atoms with van der Waals surface area (Å²) in [7, 11) is 0. The maximum atomic E-state index is 13.3. The average Bonchev–Trinajstić information content (AvgIpc) is 2.73. The van der Waals surface area contributed by atoms with Crippen LogP contribution in [0, 0.1) is 12.7 Å². The number of guanidine groups is 1. The van der Waals surface area contributed by atoms with E-state index in [0.29, 0.717) is 6.04 Å². The molecule has 0 bridgehead atoms. The van der Waals surface area contributed by atoms with Gasteiger partial charge in [0.2, 0.25) is 0 Å². The van der Waals surface area contributed by atoms with Gasteiger partial charge in [-0.3, -0.25) is 4.99 Å². The molecule has 0 unspecified atom stereocenters. The minimum absolute atomic E-state index is 0.173. The van der Waals surface area contributed by atoms with Gasteiger partial charge in [0.05, 0.1) is 0 Å². The second-order valence-electron chi connectivity index (χ2n) is 7.59. The summed E-state index contributed by atoms with van der Waals surface area (Å²) >= 11 is 0. The summed E-state index contributed by atoms with van der Waals surface area (Å²) < 4.78 is 13.3. The van der Waals surface area contributed by atoms with Crippen molar-refractivity contribution in [2.45, 2.75) is 45.6 Å². The van der Waals surface area contributed by atoms with Crippen LogP contribution in [0.1, 0.15) is 37.3 Å². The molecule has 3 rings (SSSR count). The van der Waals surface area contributed by atoms with Crippen LogP contribution >= 0.6 is 0 Å². The Balaban J connectivity index is 1.45. The van der Waals surface area contributed by atoms with Crippen molar-refractivity contribution in [2.75, 3.05) is 31.1 Å². The van der Waals surface area contributed by atoms with Crippen molar-refractivity contribution in [3.05, 3.63) is 59.5 Å². The van der Waals surface area contributed by atoms with E-state index in [1.54, 1.807) is 12.1 Å². The number of nitrogens with one attached hydrogen (secondary N) is 2. The molecule has 6 heteroatoms. The van der Waals surface area contributed by atoms with E-state index in [0.717, 1.165) is 69.2 Å². The van der Waals surface area contributed by atoms with Gasteiger partial charge in [0.15, 0.2) is 5.96 Å². The SMILES string of the molecule is CCNC(=NCCCc1cccc(F)c1)NC1CCN(c2ccc(C)cn2)CC1. The predicted octanol–water partition coefficient (Wildman–Crippen LogP) is 3.69. The lowest BCUT2D eigenvalue weighted by Gasteiger charge is -2.33. The highest BCUT2D eigenvalue weighted by Gasteiger charge is 2.20. The lowest BCUT2D eigenvalue weighted by Crippen LogP contribution is -2.49. The summed E-state index contributed by atoms with van der Waals surface area (Å²) in [5.74, 6) is 1.76. The minimum atomic E-state index is -0.173. The van der Waals surface area contributed by atoms with Crippen molar-refractivity contribution < 1.29 is 4.39 Å². The second kappa shape index (κ2) is 10.8. The first-order valence-electron chi connectivity index (χ1n) is 10.6. The topological polar surface area (TPSA) is 52.6 Å². The number of anilines is 1. The van der Waals surface area contributed by atoms with E-state index in [4.69, 9.17) is 4.99 Å². The molecular formula is C23H32FN5. The Labute approximate surface area is 173 Å². The first kappa shape index (κ1) is 21.1. The lowest BCUT2D eigenvalue weighted by molar-refractivity contribution is 0.459. The van der Waals surface area contributed by atoms with Crippen molar-refractivity contribution in [1.29, 1.82) is 0 Å². The molecule has 0 atom stereocenters. The largest absolute Gasteiger partial charge is 0.357 e. The molecular weight excluding hydrogens is 365 g/mol. The van der Waals surface area contributed by atoms with Crippen molar-refractivity contribution in [2.24, 2.45) is 4.99 Å². The molecule has 1 saturated heterocycles. The Kier molecular flexibility index (Phi) is 7.85. The summed E-state index contributed by atoms with van der Waals surface area (Å²) in [6.45, 7) is 7.68. The van der Waals surface area contributed by atoms with Crippen LogP contribution in [0.5, 0.6) is 0 Å². The maximum Gasteiger partial charge on any atom is 0.191 e. The van der Waals surface area contributed by atoms with Gasteiger partial charge in [-0.2, -0.15) is 0 Å². The predicted molar refractivity (Wildman–Crippen MR) is 118 cm³/mol. The number of hydrogen-bond acceptors (Lipinski definition) is 3. The van der Waals surface area contributed by atoms with E-state index < -0.39 is 0 Å². The molecule has 29 heavy (non-hydrogen) atoms. The fraction of sp³-hybridized carbons (Fsp3) is 0.478. The van der Waals surface area contributed by atoms with Crippen LogP contribution < -0.4 is 15.5 Å². The summed E-state index contributed by atoms with van der Waals surface area (Å²) in [6, 6.07) is 11.4. The fourth-order valence-electron chi connectivity index (χ4n) is 3.58. The van der Waals surface area contributed by atoms with Gasteiger partial charge in [0.1, 0.15) is 11.6 Å². The van der Waals surface area contributed by atoms with Crippen molar-refractivity contribution in [3.63, 3.8) is 0 Å². The Hall–Kier alpha value is -2.63. The summed E-state index contributed by atoms with van der Waals surface area (Å²) in [5.41, 5.74) is 2.21. The molecule has 1 aromatic heterocycles. The van der Waals surface area contributed by atoms with Gasteiger partial charge >= 0.3 is 0 Å². The van der Waals surface area contributed by atoms with E-state index in [1.165, 1.54) is 11.6 Å². The van der Waals surface area contributed by atoms with Gasteiger partial charge in [0, 0.05) is 38.4 Å². The number of aryl methyl sites for hydroxylation is 2. The number of pyridine rings is 1. The number of halogens is 1. The lowest BCUT2D eigenvalue weighted by atomic mass is 10.1. The van der Waals surface area contributed by atoms with Gasteiger partial charge in [-0.1, -0.05) is 18.2 Å². The fourth-order valence-corrected chi connectivity index (χ4v) is 3.58. The first-order chi connectivity index (χ1) is 14.1. The Morgan fingerprint density at radius 1 is 1.24 bits per heavy atom. The number of aliphatic imine (C=N–C) groups is 1. The Bertz CT molecular complexity index is 782. The highest BCUT2D eigenvalue weighted by atomic mass is 19.1. The molecule has 1 aliphatic heterocycles. The molecule has 2 N–H and O–H groups in total. The highest BCUT2D eigenvalue weighted by Crippen LogP contribution is 2.18. The standard InChI is InChI=1S/C23H32FN5/c1-3-25-23(26-13-5-7-19-6-4-8-20(24)16-19)28-21-11-14-29(15-12-21)22-10-9-18(2)17-27-22/h4,6,8-10,16-17,21H,3,5,7,11-15H2,1-2H3,(H2,25,26,28). The molecule has 1 fully saturated rings. The zero-order chi connectivity index (χ0) is 20.5. The molecule has 2 aromatic rings. The Morgan fingerprint density at radius 2 is 2.07 bits per heavy atom. The summed E-state index contributed by atoms with van der Waals surface area (Å²) in [5, 5.41) is 6.92. The average molecular weight is 398 g/mol. The van der Waals surface area contributed by atoms with E-state index in [1.807, 2.05) is 12.3 Å². The zero-order valence-electron chi connectivity index (χ0n) is 17.5. The van der Waals surface area contributed by atoms with Gasteiger partial charge in [-0.25, -0.2) is 9.37 Å². The number of piperidine rings is 1. The zero-order valence-corrected chi connectivity index (χ0v) is 17.5. The van der Waals surface area contributed by atoms with Crippen molar-refractivity contribution in [1.82, 2.24) is 15.6 Å². The van der Waals surface area contributed by atoms with Gasteiger partial charge in [-0.15, -0.1) is 0 Å². The molecule has 156 valence electrons. The number of benzene rings is 1. The number of nitrogens with zero attached hydrogens (tertiary/aromatic N) is 3. The second-order valence-corrected chi connectivity index (χ2v) is 7.59. The quantitative estimate of drug-likeness (QED) is 0.425. The Morgan fingerprint density at radius 3 is 2.76 bits per heavy atom. The van der Waals surface area contributed by atoms with Gasteiger partial charge < -0.3 is 15.5 Å². The van der Waals surface area contributed by atoms with Crippen LogP contribution in [0.3, 0.4) is 0 Å². The van der Waals surface area contributed by atoms with Crippen LogP contribution in [0.2, 0.25) is 0 Å². The van der Waals surface area contributed by atoms with Gasteiger partial charge in [-0.05, 0) is 68.9 Å². The molecule has 0 spiro atoms. The van der Waals surface area contributed by atoms with Crippen molar-refractivity contribution >= 4 is 11.8 Å². The molecule has 5 nitrogen and oxygen atoms in total. The van der Waals surface area contributed by atoms with Crippen LogP contribution in [0.4, 0.5) is 10.2 Å². The molecule has 0 radical (unpaired) electrons. The van der Waals surface area contributed by atoms with Crippen LogP contribution in [-0.2, 0) is 6.42 Å². The van der Waals surface area contributed by atoms with Crippen LogP contribution in [0.25, 0.3) is 0 Å². The van der Waals surface area contributed by atoms with E-state index >= 15 is 0 Å². The summed E-state index contributed by atoms with van der Waals surface area (Å²) in [6.07, 6.45) is 5.78. The molecule has 1 aliphatic rings. The third-order valence-electron chi connectivity index (χ3n) is 5.18. The maximum absolute atomic E-state index is 13.3. The van der Waals surface area contributed by atoms with E-state index in [2.05, 4.69) is 46.5 Å². The molecule has 2 heterocycles. The summed E-state index contributed by atoms with van der Waals surface area (Å²) in [4.78, 5) is 11.6. The normalized spacial score (nSPS) is 15.4. The van der Waals surface area contributed by atoms with Crippen LogP contribution in [0.15, 0.2) is 47.6 Å². The first-order valence-corrected chi connectivity index (χ1v) is 10.6. The smallest absolute Gasteiger partial charge is 0.191 e. The molecule has 0 aliphatic carbocycles. The number of aromatic nitrogens is 1. The van der Waals surface area contributed by atoms with Gasteiger partial charge in [0.25, 0.3) is 0 Å². The number of rotatable bonds is 7. The molecule has 0 amide bonds. The molecule has 0 saturated carbocycles. The van der Waals surface area contributed by atoms with E-state index in [9.17, 15) is 4.39 Å². The highest BCUT2D eigenvalue weighted by molar-refractivity contribution is 5.80. The third-order valence-corrected chi connectivity index (χ3v) is 5.18. The molecule has 1 aromatic carbocycles. The minimum Gasteiger partial charge on any atom is -0.357 e. The number of hydrogen-bond donors (Lipinski definition) is 2. The van der Waals surface area contributed by atoms with Crippen LogP contribution in [-0.4, -0.2) is 43.2 Å². The third kappa shape index (κ3) is 6.73. The monoisotopic (exact) mass is 397 g/mol.